The maximum atomic E-state index is 13.7. The Kier molecular flexibility index (Phi) is 7.01. The van der Waals surface area contributed by atoms with Crippen LogP contribution in [0.2, 0.25) is 0 Å². The predicted molar refractivity (Wildman–Crippen MR) is 145 cm³/mol. The van der Waals surface area contributed by atoms with Crippen molar-refractivity contribution in [1.82, 2.24) is 14.8 Å². The van der Waals surface area contributed by atoms with Crippen LogP contribution in [0, 0.1) is 0 Å². The van der Waals surface area contributed by atoms with Crippen molar-refractivity contribution in [1.29, 1.82) is 0 Å². The first kappa shape index (κ1) is 24.4. The maximum absolute atomic E-state index is 13.7. The lowest BCUT2D eigenvalue weighted by atomic mass is 9.87. The van der Waals surface area contributed by atoms with Gasteiger partial charge in [-0.2, -0.15) is 0 Å². The molecular weight excluding hydrogens is 446 g/mol. The van der Waals surface area contributed by atoms with Crippen LogP contribution in [0.5, 0.6) is 0 Å². The van der Waals surface area contributed by atoms with E-state index in [1.54, 1.807) is 6.26 Å². The smallest absolute Gasteiger partial charge is 0.237 e. The Morgan fingerprint density at radius 1 is 1.00 bits per heavy atom. The second-order valence-corrected chi connectivity index (χ2v) is 11.1. The van der Waals surface area contributed by atoms with Crippen molar-refractivity contribution in [2.45, 2.75) is 64.6 Å². The molecule has 1 aliphatic carbocycles. The summed E-state index contributed by atoms with van der Waals surface area (Å²) in [6.07, 6.45) is 6.91. The second kappa shape index (κ2) is 10.4. The normalized spacial score (nSPS) is 14.0. The third kappa shape index (κ3) is 5.90. The number of nitrogens with zero attached hydrogens (tertiary/aromatic N) is 2. The molecule has 188 valence electrons. The van der Waals surface area contributed by atoms with E-state index in [2.05, 4.69) is 79.3 Å². The first-order valence-corrected chi connectivity index (χ1v) is 13.1. The highest BCUT2D eigenvalue weighted by Gasteiger charge is 2.32. The van der Waals surface area contributed by atoms with Crippen molar-refractivity contribution in [3.63, 3.8) is 0 Å². The molecule has 5 heteroatoms. The Morgan fingerprint density at radius 2 is 1.78 bits per heavy atom. The Balaban J connectivity index is 1.33. The van der Waals surface area contributed by atoms with Crippen molar-refractivity contribution >= 4 is 16.8 Å². The Hall–Kier alpha value is -3.31. The van der Waals surface area contributed by atoms with E-state index in [1.165, 1.54) is 22.1 Å². The molecular formula is C31H37N3O2. The van der Waals surface area contributed by atoms with Gasteiger partial charge in [-0.15, -0.1) is 0 Å². The standard InChI is InChI=1S/C31H37N3O2/c1-31(2,3)25-12-10-23(11-13-25)20-33(17-16-24-19-32-29-9-5-4-8-28(24)29)30(35)22-34(26-14-15-26)21-27-7-6-18-36-27/h4-13,18-19,26,32H,14-17,20-22H2,1-3H3. The fourth-order valence-corrected chi connectivity index (χ4v) is 4.85. The molecule has 5 nitrogen and oxygen atoms in total. The molecule has 0 radical (unpaired) electrons. The Bertz CT molecular complexity index is 1280. The van der Waals surface area contributed by atoms with E-state index in [9.17, 15) is 4.79 Å². The summed E-state index contributed by atoms with van der Waals surface area (Å²) in [4.78, 5) is 21.4. The largest absolute Gasteiger partial charge is 0.468 e. The lowest BCUT2D eigenvalue weighted by Gasteiger charge is -2.28. The van der Waals surface area contributed by atoms with Gasteiger partial charge >= 0.3 is 0 Å². The van der Waals surface area contributed by atoms with Crippen LogP contribution in [0.25, 0.3) is 10.9 Å². The first-order chi connectivity index (χ1) is 17.4. The number of carbonyl (C=O) groups excluding carboxylic acids is 1. The SMILES string of the molecule is CC(C)(C)c1ccc(CN(CCc2c[nH]c3ccccc23)C(=O)CN(Cc2ccco2)C2CC2)cc1. The molecule has 36 heavy (non-hydrogen) atoms. The zero-order chi connectivity index (χ0) is 25.1. The number of rotatable bonds is 10. The minimum absolute atomic E-state index is 0.111. The molecule has 2 heterocycles. The summed E-state index contributed by atoms with van der Waals surface area (Å²) in [5.74, 6) is 1.09. The van der Waals surface area contributed by atoms with E-state index in [1.807, 2.05) is 23.1 Å². The van der Waals surface area contributed by atoms with Gasteiger partial charge in [0, 0.05) is 36.2 Å². The van der Waals surface area contributed by atoms with E-state index >= 15 is 0 Å². The number of hydrogen-bond acceptors (Lipinski definition) is 3. The third-order valence-corrected chi connectivity index (χ3v) is 7.21. The number of hydrogen-bond donors (Lipinski definition) is 1. The number of H-pyrrole nitrogens is 1. The highest BCUT2D eigenvalue weighted by molar-refractivity contribution is 5.83. The summed E-state index contributed by atoms with van der Waals surface area (Å²) >= 11 is 0. The number of carbonyl (C=O) groups is 1. The minimum Gasteiger partial charge on any atom is -0.468 e. The highest BCUT2D eigenvalue weighted by atomic mass is 16.3. The quantitative estimate of drug-likeness (QED) is 0.288. The summed E-state index contributed by atoms with van der Waals surface area (Å²) in [6.45, 7) is 9.07. The maximum Gasteiger partial charge on any atom is 0.237 e. The van der Waals surface area contributed by atoms with E-state index < -0.39 is 0 Å². The second-order valence-electron chi connectivity index (χ2n) is 11.1. The van der Waals surface area contributed by atoms with E-state index in [-0.39, 0.29) is 11.3 Å². The molecule has 2 aromatic carbocycles. The predicted octanol–water partition coefficient (Wildman–Crippen LogP) is 6.29. The summed E-state index contributed by atoms with van der Waals surface area (Å²) in [5, 5.41) is 1.23. The monoisotopic (exact) mass is 483 g/mol. The number of furan rings is 1. The number of aromatic amines is 1. The average Bonchev–Trinajstić information content (AvgIpc) is 3.43. The number of amides is 1. The van der Waals surface area contributed by atoms with Crippen LogP contribution < -0.4 is 0 Å². The van der Waals surface area contributed by atoms with Crippen LogP contribution in [-0.2, 0) is 29.7 Å². The zero-order valence-electron chi connectivity index (χ0n) is 21.7. The van der Waals surface area contributed by atoms with Crippen LogP contribution in [0.1, 0.15) is 56.1 Å². The van der Waals surface area contributed by atoms with E-state index in [4.69, 9.17) is 4.42 Å². The molecule has 0 aliphatic heterocycles. The molecule has 4 aromatic rings. The van der Waals surface area contributed by atoms with Crippen LogP contribution in [0.4, 0.5) is 0 Å². The van der Waals surface area contributed by atoms with Gasteiger partial charge in [0.1, 0.15) is 5.76 Å². The van der Waals surface area contributed by atoms with Crippen LogP contribution >= 0.6 is 0 Å². The lowest BCUT2D eigenvalue weighted by molar-refractivity contribution is -0.133. The molecule has 0 spiro atoms. The van der Waals surface area contributed by atoms with Crippen molar-refractivity contribution in [3.8, 4) is 0 Å². The number of para-hydroxylation sites is 1. The van der Waals surface area contributed by atoms with Gasteiger partial charge in [0.05, 0.1) is 19.4 Å². The molecule has 0 bridgehead atoms. The van der Waals surface area contributed by atoms with Crippen molar-refractivity contribution in [2.24, 2.45) is 0 Å². The van der Waals surface area contributed by atoms with E-state index in [0.29, 0.717) is 32.2 Å². The molecule has 1 amide bonds. The van der Waals surface area contributed by atoms with Gasteiger partial charge in [-0.05, 0) is 59.6 Å². The van der Waals surface area contributed by atoms with Gasteiger partial charge in [-0.25, -0.2) is 0 Å². The van der Waals surface area contributed by atoms with Crippen LogP contribution in [0.3, 0.4) is 0 Å². The molecule has 5 rings (SSSR count). The van der Waals surface area contributed by atoms with Crippen molar-refractivity contribution in [2.75, 3.05) is 13.1 Å². The fourth-order valence-electron chi connectivity index (χ4n) is 4.85. The van der Waals surface area contributed by atoms with Gasteiger partial charge in [0.25, 0.3) is 0 Å². The number of nitrogens with one attached hydrogen (secondary N) is 1. The van der Waals surface area contributed by atoms with E-state index in [0.717, 1.165) is 30.5 Å². The molecule has 0 saturated heterocycles. The molecule has 2 aromatic heterocycles. The summed E-state index contributed by atoms with van der Waals surface area (Å²) in [7, 11) is 0. The first-order valence-electron chi connectivity index (χ1n) is 13.1. The highest BCUT2D eigenvalue weighted by Crippen LogP contribution is 2.29. The molecule has 0 atom stereocenters. The van der Waals surface area contributed by atoms with Gasteiger partial charge < -0.3 is 14.3 Å². The Labute approximate surface area is 214 Å². The van der Waals surface area contributed by atoms with Crippen molar-refractivity contribution in [3.05, 3.63) is 95.6 Å². The fraction of sp³-hybridized carbons (Fsp3) is 0.387. The van der Waals surface area contributed by atoms with Gasteiger partial charge in [-0.3, -0.25) is 9.69 Å². The van der Waals surface area contributed by atoms with Crippen LogP contribution in [0.15, 0.2) is 77.5 Å². The number of aromatic nitrogens is 1. The third-order valence-electron chi connectivity index (χ3n) is 7.21. The lowest BCUT2D eigenvalue weighted by Crippen LogP contribution is -2.41. The number of fused-ring (bicyclic) bond motifs is 1. The van der Waals surface area contributed by atoms with Gasteiger partial charge in [0.15, 0.2) is 0 Å². The molecule has 1 fully saturated rings. The molecule has 0 unspecified atom stereocenters. The topological polar surface area (TPSA) is 52.5 Å². The van der Waals surface area contributed by atoms with Gasteiger partial charge in [0.2, 0.25) is 5.91 Å². The van der Waals surface area contributed by atoms with Crippen molar-refractivity contribution < 1.29 is 9.21 Å². The summed E-state index contributed by atoms with van der Waals surface area (Å²) < 4.78 is 5.59. The van der Waals surface area contributed by atoms with Gasteiger partial charge in [-0.1, -0.05) is 63.2 Å². The molecule has 1 aliphatic rings. The summed E-state index contributed by atoms with van der Waals surface area (Å²) in [6, 6.07) is 21.5. The average molecular weight is 484 g/mol. The minimum atomic E-state index is 0.111. The number of benzene rings is 2. The zero-order valence-corrected chi connectivity index (χ0v) is 21.7. The Morgan fingerprint density at radius 3 is 2.47 bits per heavy atom. The van der Waals surface area contributed by atoms with Crippen LogP contribution in [-0.4, -0.2) is 39.8 Å². The molecule has 1 N–H and O–H groups in total. The molecule has 1 saturated carbocycles. The summed E-state index contributed by atoms with van der Waals surface area (Å²) in [5.41, 5.74) is 4.98.